The van der Waals surface area contributed by atoms with Crippen LogP contribution < -0.4 is 0 Å². The second-order valence-electron chi connectivity index (χ2n) is 4.12. The summed E-state index contributed by atoms with van der Waals surface area (Å²) >= 11 is 0. The zero-order chi connectivity index (χ0) is 12.8. The number of benzene rings is 1. The van der Waals surface area contributed by atoms with E-state index in [1.165, 1.54) is 5.56 Å². The van der Waals surface area contributed by atoms with Gasteiger partial charge in [0, 0.05) is 0 Å². The molecule has 17 heavy (non-hydrogen) atoms. The number of oxime groups is 1. The van der Waals surface area contributed by atoms with Crippen LogP contribution in [-0.2, 0) is 9.63 Å². The van der Waals surface area contributed by atoms with E-state index >= 15 is 0 Å². The average Bonchev–Trinajstić information content (AvgIpc) is 2.28. The van der Waals surface area contributed by atoms with Crippen molar-refractivity contribution in [3.8, 4) is 0 Å². The highest BCUT2D eigenvalue weighted by Crippen LogP contribution is 2.15. The molecule has 1 aromatic rings. The summed E-state index contributed by atoms with van der Waals surface area (Å²) in [5.74, 6) is -0.540. The van der Waals surface area contributed by atoms with Crippen molar-refractivity contribution in [2.75, 3.05) is 6.61 Å². The van der Waals surface area contributed by atoms with Gasteiger partial charge in [-0.05, 0) is 24.0 Å². The van der Waals surface area contributed by atoms with Gasteiger partial charge in [0.25, 0.3) is 0 Å². The molecule has 4 heteroatoms. The van der Waals surface area contributed by atoms with Crippen LogP contribution in [0.3, 0.4) is 0 Å². The second kappa shape index (κ2) is 6.03. The van der Waals surface area contributed by atoms with E-state index in [9.17, 15) is 4.79 Å². The predicted molar refractivity (Wildman–Crippen MR) is 66.3 cm³/mol. The van der Waals surface area contributed by atoms with Crippen molar-refractivity contribution >= 4 is 11.7 Å². The lowest BCUT2D eigenvalue weighted by Gasteiger charge is -2.06. The minimum atomic E-state index is -1.03. The average molecular weight is 235 g/mol. The third kappa shape index (κ3) is 4.26. The third-order valence-electron chi connectivity index (χ3n) is 2.38. The molecule has 0 aliphatic heterocycles. The largest absolute Gasteiger partial charge is 0.479 e. The predicted octanol–water partition coefficient (Wildman–Crippen LogP) is 2.64. The summed E-state index contributed by atoms with van der Waals surface area (Å²) in [7, 11) is 0. The van der Waals surface area contributed by atoms with Crippen LogP contribution in [0.2, 0.25) is 0 Å². The van der Waals surface area contributed by atoms with Crippen LogP contribution in [0.5, 0.6) is 0 Å². The summed E-state index contributed by atoms with van der Waals surface area (Å²) in [4.78, 5) is 14.9. The monoisotopic (exact) mass is 235 g/mol. The Morgan fingerprint density at radius 1 is 1.35 bits per heavy atom. The molecule has 0 unspecified atom stereocenters. The SMILES string of the molecule is C/C(=N\OCC(=O)O)c1ccc(C(C)C)cc1. The molecule has 0 atom stereocenters. The molecule has 0 aliphatic rings. The molecule has 0 bridgehead atoms. The molecule has 0 amide bonds. The topological polar surface area (TPSA) is 58.9 Å². The van der Waals surface area contributed by atoms with Gasteiger partial charge in [-0.3, -0.25) is 0 Å². The Morgan fingerprint density at radius 2 is 1.94 bits per heavy atom. The summed E-state index contributed by atoms with van der Waals surface area (Å²) in [6, 6.07) is 7.99. The smallest absolute Gasteiger partial charge is 0.344 e. The number of carbonyl (C=O) groups is 1. The first-order chi connectivity index (χ1) is 8.00. The molecule has 1 aromatic carbocycles. The summed E-state index contributed by atoms with van der Waals surface area (Å²) in [6.45, 7) is 5.63. The zero-order valence-electron chi connectivity index (χ0n) is 10.3. The van der Waals surface area contributed by atoms with E-state index in [1.807, 2.05) is 24.3 Å². The molecule has 0 aromatic heterocycles. The molecule has 0 saturated carbocycles. The molecule has 1 rings (SSSR count). The molecule has 0 heterocycles. The molecule has 0 fully saturated rings. The van der Waals surface area contributed by atoms with Gasteiger partial charge in [0.05, 0.1) is 5.71 Å². The van der Waals surface area contributed by atoms with Crippen molar-refractivity contribution in [1.82, 2.24) is 0 Å². The van der Waals surface area contributed by atoms with E-state index in [0.29, 0.717) is 11.6 Å². The lowest BCUT2D eigenvalue weighted by Crippen LogP contribution is -2.05. The molecule has 0 saturated heterocycles. The van der Waals surface area contributed by atoms with E-state index in [1.54, 1.807) is 6.92 Å². The Kier molecular flexibility index (Phi) is 4.69. The first-order valence-electron chi connectivity index (χ1n) is 5.49. The van der Waals surface area contributed by atoms with Gasteiger partial charge in [0.15, 0.2) is 0 Å². The standard InChI is InChI=1S/C13H17NO3/c1-9(2)11-4-6-12(7-5-11)10(3)14-17-8-13(15)16/h4-7,9H,8H2,1-3H3,(H,15,16)/b14-10+. The minimum Gasteiger partial charge on any atom is -0.479 e. The van der Waals surface area contributed by atoms with Crippen LogP contribution in [-0.4, -0.2) is 23.4 Å². The van der Waals surface area contributed by atoms with Crippen LogP contribution >= 0.6 is 0 Å². The maximum Gasteiger partial charge on any atom is 0.344 e. The molecule has 4 nitrogen and oxygen atoms in total. The molecule has 1 N–H and O–H groups in total. The van der Waals surface area contributed by atoms with Crippen molar-refractivity contribution < 1.29 is 14.7 Å². The lowest BCUT2D eigenvalue weighted by atomic mass is 10.0. The normalized spacial score (nSPS) is 11.6. The number of hydrogen-bond acceptors (Lipinski definition) is 3. The van der Waals surface area contributed by atoms with E-state index in [0.717, 1.165) is 5.56 Å². The Bertz CT molecular complexity index is 407. The summed E-state index contributed by atoms with van der Waals surface area (Å²) in [5, 5.41) is 12.1. The third-order valence-corrected chi connectivity index (χ3v) is 2.38. The van der Waals surface area contributed by atoms with Gasteiger partial charge in [-0.25, -0.2) is 4.79 Å². The fraction of sp³-hybridized carbons (Fsp3) is 0.385. The summed E-state index contributed by atoms with van der Waals surface area (Å²) < 4.78 is 0. The molecular formula is C13H17NO3. The van der Waals surface area contributed by atoms with E-state index in [-0.39, 0.29) is 0 Å². The molecule has 0 aliphatic carbocycles. The molecule has 0 spiro atoms. The highest BCUT2D eigenvalue weighted by molar-refractivity contribution is 5.98. The maximum atomic E-state index is 10.2. The first-order valence-corrected chi connectivity index (χ1v) is 5.49. The van der Waals surface area contributed by atoms with Gasteiger partial charge >= 0.3 is 5.97 Å². The quantitative estimate of drug-likeness (QED) is 0.630. The Balaban J connectivity index is 2.69. The first kappa shape index (κ1) is 13.2. The zero-order valence-corrected chi connectivity index (χ0v) is 10.3. The van der Waals surface area contributed by atoms with E-state index in [2.05, 4.69) is 23.8 Å². The van der Waals surface area contributed by atoms with E-state index < -0.39 is 12.6 Å². The van der Waals surface area contributed by atoms with Crippen molar-refractivity contribution in [3.63, 3.8) is 0 Å². The number of aliphatic carboxylic acids is 1. The molecule has 0 radical (unpaired) electrons. The van der Waals surface area contributed by atoms with Crippen molar-refractivity contribution in [2.45, 2.75) is 26.7 Å². The Hall–Kier alpha value is -1.84. The van der Waals surface area contributed by atoms with E-state index in [4.69, 9.17) is 5.11 Å². The van der Waals surface area contributed by atoms with Crippen LogP contribution in [0.4, 0.5) is 0 Å². The van der Waals surface area contributed by atoms with Crippen LogP contribution in [0.1, 0.15) is 37.8 Å². The van der Waals surface area contributed by atoms with Crippen molar-refractivity contribution in [3.05, 3.63) is 35.4 Å². The number of rotatable bonds is 5. The fourth-order valence-electron chi connectivity index (χ4n) is 1.35. The van der Waals surface area contributed by atoms with Crippen LogP contribution in [0.15, 0.2) is 29.4 Å². The summed E-state index contributed by atoms with van der Waals surface area (Å²) in [5.41, 5.74) is 2.86. The number of carboxylic acid groups (broad SMARTS) is 1. The number of hydrogen-bond donors (Lipinski definition) is 1. The number of carboxylic acids is 1. The lowest BCUT2D eigenvalue weighted by molar-refractivity contribution is -0.142. The van der Waals surface area contributed by atoms with Gasteiger partial charge < -0.3 is 9.94 Å². The van der Waals surface area contributed by atoms with Crippen LogP contribution in [0, 0.1) is 0 Å². The van der Waals surface area contributed by atoms with Crippen molar-refractivity contribution in [1.29, 1.82) is 0 Å². The van der Waals surface area contributed by atoms with Crippen molar-refractivity contribution in [2.24, 2.45) is 5.16 Å². The van der Waals surface area contributed by atoms with Crippen LogP contribution in [0.25, 0.3) is 0 Å². The van der Waals surface area contributed by atoms with Gasteiger partial charge in [-0.15, -0.1) is 0 Å². The van der Waals surface area contributed by atoms with Gasteiger partial charge in [-0.1, -0.05) is 43.3 Å². The maximum absolute atomic E-state index is 10.2. The minimum absolute atomic E-state index is 0.415. The highest BCUT2D eigenvalue weighted by Gasteiger charge is 2.02. The van der Waals surface area contributed by atoms with Gasteiger partial charge in [-0.2, -0.15) is 0 Å². The number of nitrogens with zero attached hydrogens (tertiary/aromatic N) is 1. The van der Waals surface area contributed by atoms with Gasteiger partial charge in [0.2, 0.25) is 6.61 Å². The Labute approximate surface area is 101 Å². The molecule has 92 valence electrons. The Morgan fingerprint density at radius 3 is 2.41 bits per heavy atom. The second-order valence-corrected chi connectivity index (χ2v) is 4.12. The summed E-state index contributed by atoms with van der Waals surface area (Å²) in [6.07, 6.45) is 0. The fourth-order valence-corrected chi connectivity index (χ4v) is 1.35. The molecular weight excluding hydrogens is 218 g/mol. The van der Waals surface area contributed by atoms with Gasteiger partial charge in [0.1, 0.15) is 0 Å². The highest BCUT2D eigenvalue weighted by atomic mass is 16.6.